The minimum absolute atomic E-state index is 0.0318. The Bertz CT molecular complexity index is 1630. The third kappa shape index (κ3) is 6.41. The number of ether oxygens (including phenoxy) is 3. The van der Waals surface area contributed by atoms with E-state index in [-0.39, 0.29) is 17.2 Å². The summed E-state index contributed by atoms with van der Waals surface area (Å²) in [6, 6.07) is 12.8. The van der Waals surface area contributed by atoms with Gasteiger partial charge in [-0.05, 0) is 93.1 Å². The molecule has 1 aliphatic carbocycles. The van der Waals surface area contributed by atoms with Crippen LogP contribution in [-0.2, 0) is 17.6 Å². The van der Waals surface area contributed by atoms with Gasteiger partial charge in [-0.2, -0.15) is 5.10 Å². The Morgan fingerprint density at radius 1 is 1.10 bits per heavy atom. The Labute approximate surface area is 246 Å². The maximum Gasteiger partial charge on any atom is 0.267 e. The second-order valence-electron chi connectivity index (χ2n) is 9.28. The lowest BCUT2D eigenvalue weighted by Crippen LogP contribution is -2.24. The molecule has 0 bridgehead atoms. The number of aryl methyl sites for hydroxylation is 2. The summed E-state index contributed by atoms with van der Waals surface area (Å²) in [4.78, 5) is 33.5. The summed E-state index contributed by atoms with van der Waals surface area (Å²) in [5, 5.41) is 5.25. The summed E-state index contributed by atoms with van der Waals surface area (Å²) in [6.07, 6.45) is 5.60. The van der Waals surface area contributed by atoms with Crippen molar-refractivity contribution in [3.63, 3.8) is 0 Å². The van der Waals surface area contributed by atoms with Crippen molar-refractivity contribution in [2.45, 2.75) is 44.7 Å². The van der Waals surface area contributed by atoms with Crippen LogP contribution in [0.4, 0.5) is 0 Å². The number of methoxy groups -OCH3 is 1. The molecule has 0 radical (unpaired) electrons. The van der Waals surface area contributed by atoms with E-state index < -0.39 is 0 Å². The van der Waals surface area contributed by atoms with Gasteiger partial charge in [-0.1, -0.05) is 11.8 Å². The number of carbonyl (C=O) groups excluding carboxylic acids is 1. The fourth-order valence-electron chi connectivity index (χ4n) is 4.75. The monoisotopic (exact) mass is 592 g/mol. The number of rotatable bonds is 11. The molecule has 0 spiro atoms. The Balaban J connectivity index is 1.37. The number of hydrogen-bond donors (Lipinski definition) is 1. The molecule has 2 heterocycles. The Morgan fingerprint density at radius 2 is 1.88 bits per heavy atom. The molecular formula is C30H32N4O5S2. The van der Waals surface area contributed by atoms with Gasteiger partial charge in [0.2, 0.25) is 0 Å². The zero-order valence-electron chi connectivity index (χ0n) is 23.3. The van der Waals surface area contributed by atoms with Crippen LogP contribution in [0.25, 0.3) is 15.9 Å². The van der Waals surface area contributed by atoms with Gasteiger partial charge in [-0.25, -0.2) is 10.4 Å². The van der Waals surface area contributed by atoms with Gasteiger partial charge in [-0.3, -0.25) is 14.2 Å². The number of amides is 1. The number of nitrogens with one attached hydrogen (secondary N) is 1. The van der Waals surface area contributed by atoms with Crippen molar-refractivity contribution in [3.8, 4) is 22.9 Å². The molecule has 1 aliphatic rings. The van der Waals surface area contributed by atoms with Crippen molar-refractivity contribution in [1.29, 1.82) is 0 Å². The fourth-order valence-corrected chi connectivity index (χ4v) is 6.86. The molecule has 0 unspecified atom stereocenters. The molecule has 11 heteroatoms. The molecule has 0 atom stereocenters. The molecule has 0 saturated heterocycles. The van der Waals surface area contributed by atoms with E-state index >= 15 is 0 Å². The third-order valence-electron chi connectivity index (χ3n) is 6.59. The molecule has 4 aromatic rings. The van der Waals surface area contributed by atoms with E-state index in [1.807, 2.05) is 44.2 Å². The van der Waals surface area contributed by atoms with Crippen molar-refractivity contribution in [3.05, 3.63) is 68.8 Å². The Hall–Kier alpha value is -3.83. The van der Waals surface area contributed by atoms with E-state index in [4.69, 9.17) is 19.2 Å². The summed E-state index contributed by atoms with van der Waals surface area (Å²) in [5.41, 5.74) is 5.00. The number of thiophene rings is 1. The van der Waals surface area contributed by atoms with Gasteiger partial charge in [0.15, 0.2) is 16.7 Å². The van der Waals surface area contributed by atoms with Gasteiger partial charge in [-0.15, -0.1) is 11.3 Å². The average Bonchev–Trinajstić information content (AvgIpc) is 3.36. The van der Waals surface area contributed by atoms with Gasteiger partial charge in [0.25, 0.3) is 11.5 Å². The molecule has 1 N–H and O–H groups in total. The van der Waals surface area contributed by atoms with Gasteiger partial charge in [0.05, 0.1) is 43.4 Å². The zero-order chi connectivity index (χ0) is 28.8. The first-order chi connectivity index (χ1) is 20.0. The highest BCUT2D eigenvalue weighted by atomic mass is 32.2. The van der Waals surface area contributed by atoms with E-state index in [2.05, 4.69) is 10.5 Å². The van der Waals surface area contributed by atoms with Crippen molar-refractivity contribution >= 4 is 45.4 Å². The number of aromatic nitrogens is 2. The summed E-state index contributed by atoms with van der Waals surface area (Å²) in [7, 11) is 1.57. The van der Waals surface area contributed by atoms with Crippen LogP contribution in [-0.4, -0.2) is 47.7 Å². The first-order valence-corrected chi connectivity index (χ1v) is 15.4. The van der Waals surface area contributed by atoms with E-state index in [1.165, 1.54) is 22.9 Å². The van der Waals surface area contributed by atoms with Crippen LogP contribution < -0.4 is 25.2 Å². The average molecular weight is 593 g/mol. The molecule has 0 aliphatic heterocycles. The number of carbonyl (C=O) groups is 1. The van der Waals surface area contributed by atoms with Gasteiger partial charge in [0.1, 0.15) is 10.6 Å². The van der Waals surface area contributed by atoms with E-state index in [0.29, 0.717) is 40.9 Å². The second-order valence-corrected chi connectivity index (χ2v) is 11.3. The summed E-state index contributed by atoms with van der Waals surface area (Å²) >= 11 is 2.80. The molecule has 5 rings (SSSR count). The van der Waals surface area contributed by atoms with Crippen LogP contribution in [0.3, 0.4) is 0 Å². The summed E-state index contributed by atoms with van der Waals surface area (Å²) in [6.45, 7) is 4.91. The van der Waals surface area contributed by atoms with E-state index in [0.717, 1.165) is 47.4 Å². The number of thioether (sulfide) groups is 1. The lowest BCUT2D eigenvalue weighted by molar-refractivity contribution is -0.118. The van der Waals surface area contributed by atoms with Crippen LogP contribution >= 0.6 is 23.1 Å². The summed E-state index contributed by atoms with van der Waals surface area (Å²) < 4.78 is 18.1. The van der Waals surface area contributed by atoms with Crippen molar-refractivity contribution in [2.24, 2.45) is 5.10 Å². The first kappa shape index (κ1) is 28.7. The number of hydrogen-bond acceptors (Lipinski definition) is 9. The van der Waals surface area contributed by atoms with E-state index in [9.17, 15) is 9.59 Å². The molecule has 0 saturated carbocycles. The maximum atomic E-state index is 13.9. The topological polar surface area (TPSA) is 104 Å². The smallest absolute Gasteiger partial charge is 0.267 e. The van der Waals surface area contributed by atoms with Gasteiger partial charge in [0, 0.05) is 4.88 Å². The number of hydrazone groups is 1. The molecular weight excluding hydrogens is 560 g/mol. The quantitative estimate of drug-likeness (QED) is 0.108. The molecule has 1 amide bonds. The lowest BCUT2D eigenvalue weighted by atomic mass is 9.97. The Morgan fingerprint density at radius 3 is 2.63 bits per heavy atom. The van der Waals surface area contributed by atoms with Crippen LogP contribution in [0.15, 0.2) is 57.5 Å². The molecule has 214 valence electrons. The van der Waals surface area contributed by atoms with Crippen LogP contribution in [0.5, 0.6) is 17.2 Å². The normalized spacial score (nSPS) is 12.9. The third-order valence-corrected chi connectivity index (χ3v) is 8.71. The minimum Gasteiger partial charge on any atom is -0.494 e. The van der Waals surface area contributed by atoms with E-state index in [1.54, 1.807) is 35.1 Å². The molecule has 0 fully saturated rings. The first-order valence-electron chi connectivity index (χ1n) is 13.6. The van der Waals surface area contributed by atoms with Gasteiger partial charge < -0.3 is 14.2 Å². The van der Waals surface area contributed by atoms with Gasteiger partial charge >= 0.3 is 0 Å². The van der Waals surface area contributed by atoms with Crippen LogP contribution in [0.1, 0.15) is 42.7 Å². The molecule has 41 heavy (non-hydrogen) atoms. The maximum absolute atomic E-state index is 13.9. The number of fused-ring (bicyclic) bond motifs is 3. The zero-order valence-corrected chi connectivity index (χ0v) is 24.9. The van der Waals surface area contributed by atoms with Crippen molar-refractivity contribution in [1.82, 2.24) is 15.0 Å². The highest BCUT2D eigenvalue weighted by molar-refractivity contribution is 7.99. The standard InChI is InChI=1S/C30H32N4O5S2/c1-4-38-21-13-11-20(12-14-21)34-29(36)27-22-8-6-7-9-25(22)41-28(27)32-30(34)40-18-26(35)33-31-17-19-10-15-23(39-5-2)24(16-19)37-3/h10-17H,4-9,18H2,1-3H3,(H,33,35). The number of nitrogens with zero attached hydrogens (tertiary/aromatic N) is 3. The second kappa shape index (κ2) is 13.2. The molecule has 9 nitrogen and oxygen atoms in total. The fraction of sp³-hybridized carbons (Fsp3) is 0.333. The van der Waals surface area contributed by atoms with Crippen molar-refractivity contribution in [2.75, 3.05) is 26.1 Å². The molecule has 2 aromatic heterocycles. The Kier molecular flexibility index (Phi) is 9.25. The minimum atomic E-state index is -0.317. The largest absolute Gasteiger partial charge is 0.494 e. The van der Waals surface area contributed by atoms with Crippen LogP contribution in [0, 0.1) is 0 Å². The SMILES string of the molecule is CCOc1ccc(-n2c(SCC(=O)NN=Cc3ccc(OCC)c(OC)c3)nc3sc4c(c3c2=O)CCCC4)cc1. The van der Waals surface area contributed by atoms with Crippen molar-refractivity contribution < 1.29 is 19.0 Å². The van der Waals surface area contributed by atoms with Crippen LogP contribution in [0.2, 0.25) is 0 Å². The summed E-state index contributed by atoms with van der Waals surface area (Å²) in [5.74, 6) is 1.67. The predicted molar refractivity (Wildman–Crippen MR) is 164 cm³/mol. The highest BCUT2D eigenvalue weighted by Gasteiger charge is 2.23. The lowest BCUT2D eigenvalue weighted by Gasteiger charge is -2.14. The number of benzene rings is 2. The highest BCUT2D eigenvalue weighted by Crippen LogP contribution is 2.35. The predicted octanol–water partition coefficient (Wildman–Crippen LogP) is 5.37. The molecule has 2 aromatic carbocycles.